The lowest BCUT2D eigenvalue weighted by atomic mass is 9.88. The van der Waals surface area contributed by atoms with Crippen molar-refractivity contribution >= 4 is 28.0 Å². The van der Waals surface area contributed by atoms with Crippen LogP contribution in [0.15, 0.2) is 24.3 Å². The van der Waals surface area contributed by atoms with Crippen LogP contribution in [0.3, 0.4) is 0 Å². The highest BCUT2D eigenvalue weighted by atomic mass is 32.2. The summed E-state index contributed by atoms with van der Waals surface area (Å²) in [4.78, 5) is 38.8. The number of likely N-dealkylation sites (tertiary alicyclic amines) is 2. The Hall–Kier alpha value is -2.93. The van der Waals surface area contributed by atoms with Crippen LogP contribution in [-0.4, -0.2) is 79.0 Å². The second-order valence-electron chi connectivity index (χ2n) is 10.2. The average Bonchev–Trinajstić information content (AvgIpc) is 3.18. The smallest absolute Gasteiger partial charge is 0.410 e. The van der Waals surface area contributed by atoms with Crippen LogP contribution in [0.1, 0.15) is 45.6 Å². The van der Waals surface area contributed by atoms with Gasteiger partial charge in [-0.2, -0.15) is 8.42 Å². The second-order valence-corrected chi connectivity index (χ2v) is 11.8. The number of nitro groups is 1. The number of hydrogen-bond acceptors (Lipinski definition) is 9. The van der Waals surface area contributed by atoms with Crippen LogP contribution in [0.5, 0.6) is 0 Å². The summed E-state index contributed by atoms with van der Waals surface area (Å²) < 4.78 is 39.5. The highest BCUT2D eigenvalue weighted by Gasteiger charge is 2.43. The molecule has 3 rings (SSSR count). The van der Waals surface area contributed by atoms with E-state index in [0.717, 1.165) is 6.26 Å². The predicted molar refractivity (Wildman–Crippen MR) is 129 cm³/mol. The fourth-order valence-corrected chi connectivity index (χ4v) is 5.17. The molecule has 13 heteroatoms. The molecule has 12 nitrogen and oxygen atoms in total. The fourth-order valence-electron chi connectivity index (χ4n) is 4.53. The van der Waals surface area contributed by atoms with Crippen molar-refractivity contribution in [1.82, 2.24) is 9.80 Å². The summed E-state index contributed by atoms with van der Waals surface area (Å²) >= 11 is 0. The minimum absolute atomic E-state index is 0.0174. The van der Waals surface area contributed by atoms with Crippen LogP contribution >= 0.6 is 0 Å². The van der Waals surface area contributed by atoms with Crippen molar-refractivity contribution in [3.63, 3.8) is 0 Å². The van der Waals surface area contributed by atoms with Crippen LogP contribution in [0.2, 0.25) is 0 Å². The first-order chi connectivity index (χ1) is 16.7. The number of benzene rings is 1. The van der Waals surface area contributed by atoms with Gasteiger partial charge in [0.25, 0.3) is 15.8 Å². The zero-order valence-electron chi connectivity index (χ0n) is 20.9. The zero-order chi connectivity index (χ0) is 26.7. The first-order valence-corrected chi connectivity index (χ1v) is 13.6. The molecule has 2 amide bonds. The van der Waals surface area contributed by atoms with E-state index in [2.05, 4.69) is 0 Å². The second kappa shape index (κ2) is 11.0. The van der Waals surface area contributed by atoms with Crippen molar-refractivity contribution in [3.05, 3.63) is 39.9 Å². The van der Waals surface area contributed by atoms with Gasteiger partial charge in [0.2, 0.25) is 0 Å². The van der Waals surface area contributed by atoms with Crippen LogP contribution in [0.25, 0.3) is 0 Å². The Morgan fingerprint density at radius 2 is 1.72 bits per heavy atom. The van der Waals surface area contributed by atoms with Gasteiger partial charge in [-0.3, -0.25) is 14.3 Å². The van der Waals surface area contributed by atoms with Gasteiger partial charge in [0.15, 0.2) is 0 Å². The summed E-state index contributed by atoms with van der Waals surface area (Å²) in [6, 6.07) is 5.36. The third-order valence-electron chi connectivity index (χ3n) is 6.10. The van der Waals surface area contributed by atoms with E-state index in [1.54, 1.807) is 25.7 Å². The summed E-state index contributed by atoms with van der Waals surface area (Å²) in [6.07, 6.45) is 0.829. The topological polar surface area (TPSA) is 146 Å². The number of non-ortho nitro benzene ring substituents is 1. The van der Waals surface area contributed by atoms with Gasteiger partial charge in [0.05, 0.1) is 23.8 Å². The predicted octanol–water partition coefficient (Wildman–Crippen LogP) is 3.30. The van der Waals surface area contributed by atoms with E-state index in [0.29, 0.717) is 37.9 Å². The minimum atomic E-state index is -3.72. The van der Waals surface area contributed by atoms with Crippen molar-refractivity contribution in [2.45, 2.75) is 64.4 Å². The SMILES string of the molecule is CC(C)(C)OC(=O)N1CCC([C@@H]2C[C@@H](OS(C)(=O)=O)CN2C(=O)OCc2ccc([N+](=O)[O-])cc2)CC1. The molecular formula is C23H33N3O9S. The van der Waals surface area contributed by atoms with Gasteiger partial charge in [-0.05, 0) is 63.6 Å². The Morgan fingerprint density at radius 3 is 2.25 bits per heavy atom. The van der Waals surface area contributed by atoms with Gasteiger partial charge in [0.1, 0.15) is 12.2 Å². The molecule has 2 atom stereocenters. The molecule has 0 aromatic heterocycles. The summed E-state index contributed by atoms with van der Waals surface area (Å²) in [5.41, 5.74) is -0.0812. The Balaban J connectivity index is 1.64. The Kier molecular flexibility index (Phi) is 8.44. The highest BCUT2D eigenvalue weighted by molar-refractivity contribution is 7.86. The number of ether oxygens (including phenoxy) is 2. The van der Waals surface area contributed by atoms with Crippen molar-refractivity contribution in [1.29, 1.82) is 0 Å². The number of nitro benzene ring substituents is 1. The molecule has 0 bridgehead atoms. The average molecular weight is 528 g/mol. The number of carbonyl (C=O) groups excluding carboxylic acids is 2. The fraction of sp³-hybridized carbons (Fsp3) is 0.652. The van der Waals surface area contributed by atoms with Gasteiger partial charge in [-0.15, -0.1) is 0 Å². The van der Waals surface area contributed by atoms with E-state index in [-0.39, 0.29) is 36.9 Å². The van der Waals surface area contributed by atoms with Gasteiger partial charge >= 0.3 is 12.2 Å². The van der Waals surface area contributed by atoms with E-state index in [9.17, 15) is 28.1 Å². The quantitative estimate of drug-likeness (QED) is 0.309. The molecule has 2 saturated heterocycles. The zero-order valence-corrected chi connectivity index (χ0v) is 21.7. The molecule has 200 valence electrons. The molecule has 0 spiro atoms. The molecule has 2 heterocycles. The van der Waals surface area contributed by atoms with Crippen LogP contribution in [-0.2, 0) is 30.4 Å². The summed E-state index contributed by atoms with van der Waals surface area (Å²) in [5.74, 6) is 0.0174. The van der Waals surface area contributed by atoms with E-state index < -0.39 is 32.8 Å². The molecule has 36 heavy (non-hydrogen) atoms. The number of carbonyl (C=O) groups is 2. The Bertz CT molecular complexity index is 1060. The molecule has 1 aromatic carbocycles. The van der Waals surface area contributed by atoms with Crippen molar-refractivity contribution in [2.75, 3.05) is 25.9 Å². The Labute approximate surface area is 210 Å². The monoisotopic (exact) mass is 527 g/mol. The lowest BCUT2D eigenvalue weighted by Crippen LogP contribution is -2.47. The standard InChI is InChI=1S/C23H33N3O9S/c1-23(2,3)34-21(27)24-11-9-17(10-12-24)20-13-19(35-36(4,31)32)14-25(20)22(28)33-15-16-5-7-18(8-6-16)26(29)30/h5-8,17,19-20H,9-15H2,1-4H3/t19-,20+/m1/s1. The Morgan fingerprint density at radius 1 is 1.11 bits per heavy atom. The molecule has 2 aliphatic heterocycles. The van der Waals surface area contributed by atoms with Crippen molar-refractivity contribution < 1.29 is 36.6 Å². The molecule has 0 aliphatic carbocycles. The first kappa shape index (κ1) is 27.7. The van der Waals surface area contributed by atoms with Crippen LogP contribution in [0, 0.1) is 16.0 Å². The first-order valence-electron chi connectivity index (χ1n) is 11.7. The highest BCUT2D eigenvalue weighted by Crippen LogP contribution is 2.34. The maximum Gasteiger partial charge on any atom is 0.410 e. The largest absolute Gasteiger partial charge is 0.445 e. The summed E-state index contributed by atoms with van der Waals surface area (Å²) in [7, 11) is -3.72. The van der Waals surface area contributed by atoms with E-state index in [1.165, 1.54) is 29.2 Å². The van der Waals surface area contributed by atoms with Gasteiger partial charge in [0, 0.05) is 31.3 Å². The lowest BCUT2D eigenvalue weighted by molar-refractivity contribution is -0.384. The third-order valence-corrected chi connectivity index (χ3v) is 6.72. The van der Waals surface area contributed by atoms with E-state index >= 15 is 0 Å². The van der Waals surface area contributed by atoms with E-state index in [4.69, 9.17) is 13.7 Å². The lowest BCUT2D eigenvalue weighted by Gasteiger charge is -2.38. The number of piperidine rings is 1. The molecule has 1 aromatic rings. The maximum atomic E-state index is 13.0. The minimum Gasteiger partial charge on any atom is -0.445 e. The maximum absolute atomic E-state index is 13.0. The van der Waals surface area contributed by atoms with Crippen molar-refractivity contribution in [2.24, 2.45) is 5.92 Å². The van der Waals surface area contributed by atoms with Crippen LogP contribution in [0.4, 0.5) is 15.3 Å². The number of nitrogens with zero attached hydrogens (tertiary/aromatic N) is 3. The number of hydrogen-bond donors (Lipinski definition) is 0. The molecule has 2 aliphatic rings. The molecule has 0 unspecified atom stereocenters. The third kappa shape index (κ3) is 7.79. The molecular weight excluding hydrogens is 494 g/mol. The van der Waals surface area contributed by atoms with Crippen LogP contribution < -0.4 is 0 Å². The molecule has 0 saturated carbocycles. The normalized spacial score (nSPS) is 21.3. The summed E-state index contributed by atoms with van der Waals surface area (Å²) in [5, 5.41) is 10.8. The van der Waals surface area contributed by atoms with Crippen molar-refractivity contribution in [3.8, 4) is 0 Å². The number of amides is 2. The van der Waals surface area contributed by atoms with Gasteiger partial charge < -0.3 is 19.3 Å². The number of rotatable bonds is 6. The van der Waals surface area contributed by atoms with Gasteiger partial charge in [-0.1, -0.05) is 0 Å². The molecule has 2 fully saturated rings. The van der Waals surface area contributed by atoms with E-state index in [1.807, 2.05) is 0 Å². The molecule has 0 radical (unpaired) electrons. The van der Waals surface area contributed by atoms with Gasteiger partial charge in [-0.25, -0.2) is 9.59 Å². The summed E-state index contributed by atoms with van der Waals surface area (Å²) in [6.45, 7) is 6.30. The molecule has 0 N–H and O–H groups in total.